The van der Waals surface area contributed by atoms with Gasteiger partial charge in [-0.2, -0.15) is 0 Å². The molecular weight excluding hydrogens is 1900 g/mol. The fourth-order valence-electron chi connectivity index (χ4n) is 17.8. The number of unbranched alkanes of at least 4 members (excludes halogenated alkanes) is 9. The maximum atomic E-state index is 13.7. The molecule has 0 bridgehead atoms. The number of nitrogens with one attached hydrogen (secondary N) is 5. The van der Waals surface area contributed by atoms with Gasteiger partial charge in [0.1, 0.15) is 35.1 Å². The van der Waals surface area contributed by atoms with Crippen molar-refractivity contribution < 1.29 is 66.1 Å². The number of β-amino-alcohol motifs (C(OH)–C–C–N with tert-alkyl or cyclic N) is 1. The molecule has 142 heavy (non-hydrogen) atoms. The summed E-state index contributed by atoms with van der Waals surface area (Å²) in [5, 5.41) is 90.7. The smallest absolute Gasteiger partial charge is 0.292 e. The second kappa shape index (κ2) is 55.5. The van der Waals surface area contributed by atoms with Gasteiger partial charge in [0, 0.05) is 114 Å². The molecule has 3 aromatic rings. The van der Waals surface area contributed by atoms with E-state index in [0.29, 0.717) is 56.1 Å². The van der Waals surface area contributed by atoms with Crippen LogP contribution in [-0.4, -0.2) is 292 Å². The van der Waals surface area contributed by atoms with Crippen LogP contribution in [0.3, 0.4) is 0 Å². The third kappa shape index (κ3) is 37.8. The topological polar surface area (TPSA) is 342 Å². The predicted molar refractivity (Wildman–Crippen MR) is 602 cm³/mol. The molecule has 0 radical (unpaired) electrons. The van der Waals surface area contributed by atoms with E-state index in [0.717, 1.165) is 166 Å². The zero-order valence-electron chi connectivity index (χ0n) is 94.6. The fourth-order valence-corrected chi connectivity index (χ4v) is 25.3. The van der Waals surface area contributed by atoms with Gasteiger partial charge in [0.05, 0.1) is 83.2 Å². The first-order valence-corrected chi connectivity index (χ1v) is 71.7. The van der Waals surface area contributed by atoms with E-state index in [2.05, 4.69) is 263 Å². The molecule has 6 fully saturated rings. The second-order valence-corrected chi connectivity index (χ2v) is 79.5. The second-order valence-electron chi connectivity index (χ2n) is 50.8. The van der Waals surface area contributed by atoms with Gasteiger partial charge in [0.25, 0.3) is 17.1 Å². The van der Waals surface area contributed by atoms with Crippen LogP contribution in [-0.2, 0) is 26.6 Å². The molecule has 0 aliphatic carbocycles. The van der Waals surface area contributed by atoms with Crippen LogP contribution in [0, 0.1) is 48.0 Å². The van der Waals surface area contributed by atoms with Gasteiger partial charge in [0.2, 0.25) is 0 Å². The number of benzene rings is 3. The lowest BCUT2D eigenvalue weighted by atomic mass is 9.88. The van der Waals surface area contributed by atoms with E-state index in [1.54, 1.807) is 12.1 Å². The number of rotatable bonds is 44. The summed E-state index contributed by atoms with van der Waals surface area (Å²) < 4.78 is 57.6. The van der Waals surface area contributed by atoms with Gasteiger partial charge in [-0.05, 0) is 254 Å². The first-order valence-electron chi connectivity index (χ1n) is 54.2. The van der Waals surface area contributed by atoms with E-state index in [9.17, 15) is 55.2 Å². The number of piperazine rings is 1. The van der Waals surface area contributed by atoms with Crippen LogP contribution >= 0.6 is 0 Å². The number of hydrogen-bond acceptors (Lipinski definition) is 26. The van der Waals surface area contributed by atoms with Crippen molar-refractivity contribution in [2.75, 3.05) is 157 Å². The van der Waals surface area contributed by atoms with Gasteiger partial charge in [-0.3, -0.25) is 45.0 Å². The predicted octanol–water partition coefficient (Wildman–Crippen LogP) is 23.0. The van der Waals surface area contributed by atoms with Crippen molar-refractivity contribution in [2.24, 2.45) is 11.8 Å². The first-order chi connectivity index (χ1) is 65.7. The summed E-state index contributed by atoms with van der Waals surface area (Å²) in [6.45, 7) is 90.6. The average molecular weight is 2100 g/mol. The molecule has 818 valence electrons. The lowest BCUT2D eigenvalue weighted by Gasteiger charge is -2.54. The summed E-state index contributed by atoms with van der Waals surface area (Å²) in [7, 11) is -12.6. The first kappa shape index (κ1) is 126. The minimum Gasteiger partial charge on any atom is -0.415 e. The van der Waals surface area contributed by atoms with E-state index in [1.165, 1.54) is 63.7 Å². The van der Waals surface area contributed by atoms with Crippen LogP contribution in [0.2, 0.25) is 109 Å². The Kier molecular flexibility index (Phi) is 49.3. The number of anilines is 5. The van der Waals surface area contributed by atoms with Crippen molar-refractivity contribution in [3.8, 4) is 0 Å². The summed E-state index contributed by atoms with van der Waals surface area (Å²) in [5.41, 5.74) is 3.61. The lowest BCUT2D eigenvalue weighted by Crippen LogP contribution is -2.66. The van der Waals surface area contributed by atoms with Crippen LogP contribution in [0.5, 0.6) is 0 Å². The molecule has 6 aliphatic rings. The van der Waals surface area contributed by atoms with Gasteiger partial charge in [-0.1, -0.05) is 183 Å². The normalized spacial score (nSPS) is 23.4. The monoisotopic (exact) mass is 2100 g/mol. The highest BCUT2D eigenvalue weighted by Gasteiger charge is 2.56. The van der Waals surface area contributed by atoms with Crippen molar-refractivity contribution >= 4 is 95.4 Å². The number of hydrogen-bond donors (Lipinski definition) is 9. The number of nitrogens with zero attached hydrogens (tertiary/aromatic N) is 8. The van der Waals surface area contributed by atoms with E-state index in [1.807, 2.05) is 29.2 Å². The van der Waals surface area contributed by atoms with Crippen LogP contribution < -0.4 is 36.4 Å². The standard InChI is InChI=1S/C42H82N4O5Si3.C37H72FN3O5Si3.C22H37N5O6.C5H11N/c1-33-31-45(29-21-18-17-20-26-43-35-30-34(24-25-36(35)46(47)48)44-27-22-19-23-28-44)37(32-49-52(11,12)40(2,3)4)39(51-54(15,16)42(8,9)10)38(33)50-53(13,14)41(5,6)7;1-28-26-40(24-20-18-17-19-23-39-30-25-29(38)21-22-31(30)41(42)43)32(27-44-47(11,12)35(2,3)4)34(46-49(15,16)37(8,9)10)33(28)45-48(13,14)36(5,6)7;28-15-19-21(30)22(31)20(29)14-26(19)10-4-2-1-3-7-24-17-13-16(5-6-18(17)27(32)33)25-11-8-23-9-12-25;1-2-4-6-5-3-1/h24-25,30,33,37-39,43H,17-23,26-29,31-32H2,1-16H3;21-22,25,28,32-34,39H,17-20,23-24,26-27H2,1-16H3;5-6,13,19-24,28-31H,1-4,7-12,14-15H2;6H,1-5H2/t33-,37+,38+,39+;28-,32+,33+,34+;19-,20+,21-,22-;/m001./s1. The minimum atomic E-state index is -2.17. The number of halogens is 1. The zero-order chi connectivity index (χ0) is 107. The molecule has 6 heterocycles. The molecule has 29 nitrogen and oxygen atoms in total. The molecule has 6 saturated heterocycles. The number of nitro benzene ring substituents is 3. The highest BCUT2D eigenvalue weighted by atomic mass is 28.4. The average Bonchev–Trinajstić information content (AvgIpc) is 0.761. The third-order valence-electron chi connectivity index (χ3n) is 33.5. The van der Waals surface area contributed by atoms with Crippen LogP contribution in [0.4, 0.5) is 49.9 Å². The summed E-state index contributed by atoms with van der Waals surface area (Å²) in [5.74, 6) is 0.154. The Balaban J connectivity index is 0.000000323. The Morgan fingerprint density at radius 2 is 0.683 bits per heavy atom. The van der Waals surface area contributed by atoms with Crippen LogP contribution in [0.1, 0.15) is 254 Å². The van der Waals surface area contributed by atoms with Gasteiger partial charge < -0.3 is 83.4 Å². The van der Waals surface area contributed by atoms with Gasteiger partial charge in [-0.15, -0.1) is 0 Å². The van der Waals surface area contributed by atoms with Crippen LogP contribution in [0.15, 0.2) is 54.6 Å². The molecule has 0 unspecified atom stereocenters. The Morgan fingerprint density at radius 3 is 1.00 bits per heavy atom. The molecule has 6 aliphatic heterocycles. The number of nitro groups is 3. The quantitative estimate of drug-likeness (QED) is 0.0110. The SMILES string of the molecule is C1CCNCC1.C[C@H]1CN(CCCCCCNc2cc(F)ccc2[N+](=O)[O-])[C@H](CO[Si](C)(C)C(C)(C)C)[C@@H](O[Si](C)(C)C(C)(C)C)[C@@H]1O[Si](C)(C)C(C)(C)C.C[C@H]1CN(CCCCCCNc2cc(N3CCCCC3)ccc2[N+](=O)[O-])[C@H](CO[Si](C)(C)C(C)(C)C)[C@@H](O[Si](C)(C)C(C)(C)C)[C@@H]1O[Si](C)(C)C(C)(C)C.O=[N+]([O-])c1ccc(N2CCNCC2)cc1NCCCCCCN1C[C@H](O)[C@@H](O)[C@H](O)[C@H]1CO. The van der Waals surface area contributed by atoms with E-state index < -0.39 is 85.0 Å². The molecule has 0 saturated carbocycles. The zero-order valence-corrected chi connectivity index (χ0v) is 101. The molecule has 12 atom stereocenters. The summed E-state index contributed by atoms with van der Waals surface area (Å²) in [4.78, 5) is 45.2. The minimum absolute atomic E-state index is 0.00256. The van der Waals surface area contributed by atoms with Gasteiger partial charge >= 0.3 is 0 Å². The van der Waals surface area contributed by atoms with Gasteiger partial charge in [0.15, 0.2) is 49.9 Å². The highest BCUT2D eigenvalue weighted by Crippen LogP contribution is 2.49. The lowest BCUT2D eigenvalue weighted by molar-refractivity contribution is -0.384. The maximum absolute atomic E-state index is 13.7. The number of piperidine rings is 5. The Bertz CT molecular complexity index is 4250. The van der Waals surface area contributed by atoms with E-state index in [-0.39, 0.29) is 112 Å². The molecule has 0 amide bonds. The van der Waals surface area contributed by atoms with Crippen molar-refractivity contribution in [3.05, 3.63) is 90.8 Å². The largest absolute Gasteiger partial charge is 0.415 e. The fraction of sp³-hybridized carbons (Fsp3) is 0.830. The van der Waals surface area contributed by atoms with E-state index >= 15 is 0 Å². The molecule has 9 N–H and O–H groups in total. The van der Waals surface area contributed by atoms with E-state index in [4.69, 9.17) is 26.6 Å². The molecule has 3 aromatic carbocycles. The summed E-state index contributed by atoms with van der Waals surface area (Å²) in [6, 6.07) is 14.0. The Morgan fingerprint density at radius 1 is 0.380 bits per heavy atom. The summed E-state index contributed by atoms with van der Waals surface area (Å²) >= 11 is 0. The molecule has 36 heteroatoms. The molecule has 0 spiro atoms. The van der Waals surface area contributed by atoms with Crippen LogP contribution in [0.25, 0.3) is 0 Å². The van der Waals surface area contributed by atoms with Crippen molar-refractivity contribution in [1.82, 2.24) is 25.3 Å². The number of aliphatic hydroxyl groups is 4. The molecule has 0 aromatic heterocycles. The van der Waals surface area contributed by atoms with Gasteiger partial charge in [-0.25, -0.2) is 4.39 Å². The highest BCUT2D eigenvalue weighted by molar-refractivity contribution is 6.76. The van der Waals surface area contributed by atoms with Crippen molar-refractivity contribution in [2.45, 2.75) is 424 Å². The Hall–Kier alpha value is -4.51. The third-order valence-corrected chi connectivity index (χ3v) is 60.4. The number of likely N-dealkylation sites (tertiary alicyclic amines) is 3. The Labute approximate surface area is 864 Å². The maximum Gasteiger partial charge on any atom is 0.292 e. The molecule has 9 rings (SSSR count). The van der Waals surface area contributed by atoms with Crippen molar-refractivity contribution in [3.63, 3.8) is 0 Å². The summed E-state index contributed by atoms with van der Waals surface area (Å²) in [6.07, 6.45) is 15.9. The van der Waals surface area contributed by atoms with Crippen molar-refractivity contribution in [1.29, 1.82) is 0 Å². The molecular formula is C106H202FN13O16Si6. The number of aliphatic hydroxyl groups excluding tert-OH is 4.